The molecule has 0 aliphatic heterocycles. The number of rotatable bonds is 8. The van der Waals surface area contributed by atoms with Crippen LogP contribution in [0, 0.1) is 5.82 Å². The van der Waals surface area contributed by atoms with Gasteiger partial charge in [0.25, 0.3) is 0 Å². The van der Waals surface area contributed by atoms with Crippen LogP contribution < -0.4 is 10.1 Å². The van der Waals surface area contributed by atoms with E-state index in [9.17, 15) is 12.8 Å². The second-order valence-electron chi connectivity index (χ2n) is 6.87. The number of nitrogens with one attached hydrogen (secondary N) is 1. The molecule has 0 bridgehead atoms. The van der Waals surface area contributed by atoms with E-state index >= 15 is 0 Å². The lowest BCUT2D eigenvalue weighted by atomic mass is 10.3. The number of ether oxygens (including phenoxy) is 1. The molecule has 1 N–H and O–H groups in total. The van der Waals surface area contributed by atoms with Gasteiger partial charge in [0.05, 0.1) is 23.6 Å². The SMILES string of the molecule is CCNC(=NCCS(=O)(=O)C(C)(C)C)N(C)CCOc1ccccc1F.I. The molecule has 6 nitrogen and oxygen atoms in total. The number of halogens is 2. The van der Waals surface area contributed by atoms with E-state index in [1.165, 1.54) is 6.07 Å². The second-order valence-corrected chi connectivity index (χ2v) is 9.73. The lowest BCUT2D eigenvalue weighted by molar-refractivity contribution is 0.270. The zero-order valence-corrected chi connectivity index (χ0v) is 19.8. The third kappa shape index (κ3) is 8.63. The molecule has 0 aliphatic rings. The molecule has 0 radical (unpaired) electrons. The van der Waals surface area contributed by atoms with Crippen LogP contribution in [0.4, 0.5) is 4.39 Å². The summed E-state index contributed by atoms with van der Waals surface area (Å²) in [6.07, 6.45) is 0. The fourth-order valence-corrected chi connectivity index (χ4v) is 2.95. The Balaban J connectivity index is 0.00000676. The molecule has 9 heteroatoms. The highest BCUT2D eigenvalue weighted by molar-refractivity contribution is 14.0. The Morgan fingerprint density at radius 2 is 1.93 bits per heavy atom. The highest BCUT2D eigenvalue weighted by atomic mass is 127. The summed E-state index contributed by atoms with van der Waals surface area (Å²) >= 11 is 0. The van der Waals surface area contributed by atoms with Crippen LogP contribution in [-0.4, -0.2) is 63.1 Å². The van der Waals surface area contributed by atoms with Crippen molar-refractivity contribution in [3.05, 3.63) is 30.1 Å². The summed E-state index contributed by atoms with van der Waals surface area (Å²) in [5.41, 5.74) is 0. The predicted octanol–water partition coefficient (Wildman–Crippen LogP) is 2.93. The Kier molecular flexibility index (Phi) is 11.2. The summed E-state index contributed by atoms with van der Waals surface area (Å²) in [6.45, 7) is 8.58. The van der Waals surface area contributed by atoms with Crippen molar-refractivity contribution in [1.29, 1.82) is 0 Å². The number of nitrogens with zero attached hydrogens (tertiary/aromatic N) is 2. The van der Waals surface area contributed by atoms with E-state index in [2.05, 4.69) is 10.3 Å². The number of sulfone groups is 1. The van der Waals surface area contributed by atoms with Gasteiger partial charge in [0.1, 0.15) is 6.61 Å². The molecule has 0 amide bonds. The van der Waals surface area contributed by atoms with Gasteiger partial charge >= 0.3 is 0 Å². The molecule has 1 aromatic rings. The van der Waals surface area contributed by atoms with E-state index in [-0.39, 0.29) is 48.6 Å². The van der Waals surface area contributed by atoms with E-state index in [0.717, 1.165) is 0 Å². The van der Waals surface area contributed by atoms with Gasteiger partial charge in [-0.25, -0.2) is 12.8 Å². The molecule has 1 rings (SSSR count). The first-order valence-electron chi connectivity index (χ1n) is 8.67. The number of aliphatic imine (C=N–C) groups is 1. The average Bonchev–Trinajstić information content (AvgIpc) is 2.54. The molecule has 0 aliphatic carbocycles. The fourth-order valence-electron chi connectivity index (χ4n) is 2.01. The highest BCUT2D eigenvalue weighted by Crippen LogP contribution is 2.16. The summed E-state index contributed by atoms with van der Waals surface area (Å²) in [5, 5.41) is 3.12. The van der Waals surface area contributed by atoms with E-state index in [0.29, 0.717) is 19.0 Å². The summed E-state index contributed by atoms with van der Waals surface area (Å²) in [7, 11) is -1.39. The Labute approximate surface area is 179 Å². The lowest BCUT2D eigenvalue weighted by Gasteiger charge is -2.23. The molecule has 0 unspecified atom stereocenters. The molecule has 0 saturated heterocycles. The van der Waals surface area contributed by atoms with Gasteiger partial charge in [0, 0.05) is 13.6 Å². The largest absolute Gasteiger partial charge is 0.489 e. The first-order chi connectivity index (χ1) is 12.1. The molecule has 0 fully saturated rings. The average molecular weight is 515 g/mol. The van der Waals surface area contributed by atoms with Crippen LogP contribution >= 0.6 is 24.0 Å². The third-order valence-electron chi connectivity index (χ3n) is 3.77. The predicted molar refractivity (Wildman–Crippen MR) is 119 cm³/mol. The van der Waals surface area contributed by atoms with Crippen LogP contribution in [0.15, 0.2) is 29.3 Å². The van der Waals surface area contributed by atoms with Gasteiger partial charge in [-0.05, 0) is 39.8 Å². The summed E-state index contributed by atoms with van der Waals surface area (Å²) in [6, 6.07) is 6.24. The Hall–Kier alpha value is -1.10. The minimum absolute atomic E-state index is 0. The van der Waals surface area contributed by atoms with Crippen molar-refractivity contribution in [2.75, 3.05) is 39.0 Å². The van der Waals surface area contributed by atoms with Crippen molar-refractivity contribution >= 4 is 39.8 Å². The molecular formula is C18H31FIN3O3S. The van der Waals surface area contributed by atoms with Crippen LogP contribution in [0.5, 0.6) is 5.75 Å². The van der Waals surface area contributed by atoms with Crippen molar-refractivity contribution in [3.63, 3.8) is 0 Å². The topological polar surface area (TPSA) is 71.0 Å². The van der Waals surface area contributed by atoms with Gasteiger partial charge in [0.15, 0.2) is 27.4 Å². The number of likely N-dealkylation sites (N-methyl/N-ethyl adjacent to an activating group) is 1. The summed E-state index contributed by atoms with van der Waals surface area (Å²) < 4.78 is 42.5. The first-order valence-corrected chi connectivity index (χ1v) is 10.3. The first kappa shape index (κ1) is 25.9. The normalized spacial score (nSPS) is 12.3. The standard InChI is InChI=1S/C18H30FN3O3S.HI/c1-6-20-17(21-11-14-26(23,24)18(2,3)4)22(5)12-13-25-16-10-8-7-9-15(16)19;/h7-10H,6,11-14H2,1-5H3,(H,20,21);1H. The number of guanidine groups is 1. The monoisotopic (exact) mass is 515 g/mol. The van der Waals surface area contributed by atoms with Crippen molar-refractivity contribution in [1.82, 2.24) is 10.2 Å². The van der Waals surface area contributed by atoms with Crippen LogP contribution in [-0.2, 0) is 9.84 Å². The smallest absolute Gasteiger partial charge is 0.193 e. The Morgan fingerprint density at radius 3 is 2.48 bits per heavy atom. The van der Waals surface area contributed by atoms with Crippen LogP contribution in [0.2, 0.25) is 0 Å². The van der Waals surface area contributed by atoms with E-state index in [1.807, 2.05) is 18.9 Å². The minimum atomic E-state index is -3.21. The van der Waals surface area contributed by atoms with Gasteiger partial charge in [-0.15, -0.1) is 24.0 Å². The molecule has 0 atom stereocenters. The van der Waals surface area contributed by atoms with Gasteiger partial charge < -0.3 is 15.0 Å². The third-order valence-corrected chi connectivity index (χ3v) is 6.36. The van der Waals surface area contributed by atoms with E-state index in [1.54, 1.807) is 39.0 Å². The molecule has 0 saturated carbocycles. The van der Waals surface area contributed by atoms with Gasteiger partial charge in [0.2, 0.25) is 0 Å². The molecular weight excluding hydrogens is 484 g/mol. The van der Waals surface area contributed by atoms with E-state index in [4.69, 9.17) is 4.74 Å². The van der Waals surface area contributed by atoms with Crippen LogP contribution in [0.1, 0.15) is 27.7 Å². The van der Waals surface area contributed by atoms with Crippen molar-refractivity contribution in [2.24, 2.45) is 4.99 Å². The van der Waals surface area contributed by atoms with Gasteiger partial charge in [-0.1, -0.05) is 12.1 Å². The summed E-state index contributed by atoms with van der Waals surface area (Å²) in [5.74, 6) is 0.390. The lowest BCUT2D eigenvalue weighted by Crippen LogP contribution is -2.41. The number of benzene rings is 1. The maximum absolute atomic E-state index is 13.5. The zero-order chi connectivity index (χ0) is 19.8. The van der Waals surface area contributed by atoms with Gasteiger partial charge in [-0.2, -0.15) is 0 Å². The van der Waals surface area contributed by atoms with Crippen molar-refractivity contribution in [3.8, 4) is 5.75 Å². The summed E-state index contributed by atoms with van der Waals surface area (Å²) in [4.78, 5) is 6.21. The number of para-hydroxylation sites is 1. The van der Waals surface area contributed by atoms with Crippen LogP contribution in [0.25, 0.3) is 0 Å². The Bertz CT molecular complexity index is 706. The molecule has 0 aromatic heterocycles. The molecule has 1 aromatic carbocycles. The molecule has 27 heavy (non-hydrogen) atoms. The van der Waals surface area contributed by atoms with Crippen molar-refractivity contribution < 1.29 is 17.5 Å². The second kappa shape index (κ2) is 11.7. The number of hydrogen-bond acceptors (Lipinski definition) is 4. The number of hydrogen-bond donors (Lipinski definition) is 1. The zero-order valence-electron chi connectivity index (χ0n) is 16.7. The quantitative estimate of drug-likeness (QED) is 0.328. The van der Waals surface area contributed by atoms with Gasteiger partial charge in [-0.3, -0.25) is 4.99 Å². The fraction of sp³-hybridized carbons (Fsp3) is 0.611. The Morgan fingerprint density at radius 1 is 1.30 bits per heavy atom. The highest BCUT2D eigenvalue weighted by Gasteiger charge is 2.28. The van der Waals surface area contributed by atoms with Crippen LogP contribution in [0.3, 0.4) is 0 Å². The maximum Gasteiger partial charge on any atom is 0.193 e. The molecule has 0 heterocycles. The van der Waals surface area contributed by atoms with Crippen molar-refractivity contribution in [2.45, 2.75) is 32.4 Å². The molecule has 156 valence electrons. The molecule has 0 spiro atoms. The van der Waals surface area contributed by atoms with E-state index < -0.39 is 20.4 Å². The maximum atomic E-state index is 13.5. The minimum Gasteiger partial charge on any atom is -0.489 e.